The molecule has 18 heteroatoms. The topological polar surface area (TPSA) is 58.0 Å². The molecule has 0 unspecified atom stereocenters. The fourth-order valence-corrected chi connectivity index (χ4v) is 6.88. The number of hydrogen-bond acceptors (Lipinski definition) is 6. The van der Waals surface area contributed by atoms with Crippen molar-refractivity contribution >= 4 is 102 Å². The predicted molar refractivity (Wildman–Crippen MR) is 241 cm³/mol. The third kappa shape index (κ3) is 14.1. The number of benzene rings is 4. The van der Waals surface area contributed by atoms with Crippen molar-refractivity contribution in [3.05, 3.63) is 169 Å². The fraction of sp³-hybridized carbons (Fsp3) is 0.100. The second-order valence-corrected chi connectivity index (χ2v) is 15.6. The highest BCUT2D eigenvalue weighted by molar-refractivity contribution is 14.1. The van der Waals surface area contributed by atoms with Crippen LogP contribution < -0.4 is 9.80 Å². The van der Waals surface area contributed by atoms with E-state index in [0.29, 0.717) is 11.6 Å². The van der Waals surface area contributed by atoms with E-state index in [4.69, 9.17) is 0 Å². The third-order valence-corrected chi connectivity index (χ3v) is 10.6. The molecule has 0 bridgehead atoms. The first kappa shape index (κ1) is 48.5. The van der Waals surface area contributed by atoms with Gasteiger partial charge in [-0.2, -0.15) is 0 Å². The summed E-state index contributed by atoms with van der Waals surface area (Å²) in [6.45, 7) is 0. The van der Waals surface area contributed by atoms with Gasteiger partial charge in [0.05, 0.1) is 14.3 Å². The molecule has 2 aromatic heterocycles. The summed E-state index contributed by atoms with van der Waals surface area (Å²) in [5.74, 6) is 1.69. The van der Waals surface area contributed by atoms with E-state index >= 15 is 0 Å². The first-order chi connectivity index (χ1) is 27.4. The van der Waals surface area contributed by atoms with Crippen LogP contribution in [0.3, 0.4) is 0 Å². The first-order valence-electron chi connectivity index (χ1n) is 15.9. The first-order valence-corrected chi connectivity index (χ1v) is 20.2. The maximum atomic E-state index is 12.8. The Kier molecular flexibility index (Phi) is 19.8. The Labute approximate surface area is 383 Å². The van der Waals surface area contributed by atoms with Crippen LogP contribution in [0.5, 0.6) is 0 Å². The van der Waals surface area contributed by atoms with Crippen LogP contribution in [0.1, 0.15) is 22.8 Å². The van der Waals surface area contributed by atoms with Gasteiger partial charge >= 0.3 is 0 Å². The Hall–Kier alpha value is -3.88. The summed E-state index contributed by atoms with van der Waals surface area (Å²) in [5, 5.41) is 0. The van der Waals surface area contributed by atoms with Crippen LogP contribution in [0.2, 0.25) is 0 Å². The number of aromatic nitrogens is 4. The van der Waals surface area contributed by atoms with Crippen molar-refractivity contribution in [1.29, 1.82) is 0 Å². The molecule has 0 atom stereocenters. The second-order valence-electron chi connectivity index (χ2n) is 11.3. The van der Waals surface area contributed by atoms with Gasteiger partial charge in [0.15, 0.2) is 46.5 Å². The van der Waals surface area contributed by atoms with Crippen LogP contribution in [0.4, 0.5) is 46.5 Å². The van der Waals surface area contributed by atoms with E-state index in [1.165, 1.54) is 90.4 Å². The van der Waals surface area contributed by atoms with Gasteiger partial charge in [-0.1, -0.05) is 11.8 Å². The fourth-order valence-electron chi connectivity index (χ4n) is 3.83. The Morgan fingerprint density at radius 1 is 0.379 bits per heavy atom. The highest BCUT2D eigenvalue weighted by atomic mass is 127. The van der Waals surface area contributed by atoms with E-state index in [0.717, 1.165) is 22.5 Å². The quantitative estimate of drug-likeness (QED) is 0.0566. The molecule has 6 aromatic rings. The van der Waals surface area contributed by atoms with Gasteiger partial charge in [0, 0.05) is 75.5 Å². The minimum Gasteiger partial charge on any atom is -0.378 e. The number of anilines is 2. The van der Waals surface area contributed by atoms with E-state index < -0.39 is 60.8 Å². The summed E-state index contributed by atoms with van der Waals surface area (Å²) in [4.78, 5) is 20.3. The minimum atomic E-state index is -1.63. The van der Waals surface area contributed by atoms with Gasteiger partial charge in [-0.3, -0.25) is 0 Å². The molecule has 58 heavy (non-hydrogen) atoms. The van der Waals surface area contributed by atoms with Crippen molar-refractivity contribution in [1.82, 2.24) is 19.9 Å². The molecule has 0 spiro atoms. The average molecular weight is 1250 g/mol. The Bertz CT molecular complexity index is 2060. The van der Waals surface area contributed by atoms with Crippen molar-refractivity contribution in [2.45, 2.75) is 0 Å². The van der Waals surface area contributed by atoms with E-state index in [1.807, 2.05) is 76.7 Å². The van der Waals surface area contributed by atoms with Gasteiger partial charge in [-0.25, -0.2) is 55.1 Å². The number of nitrogens with zero attached hydrogens (tertiary/aromatic N) is 6. The SMILES string of the molecule is CN(C)c1ccc(C#Cc2ncccn2)cc1.CN(C)c1ccc(C#Cc2ncccn2)cc1.Fc1c(F)c(I)c(F)c(I)c1F.Fc1c(F)c(I)c(F)c(I)c1F. The number of hydrogen-bond donors (Lipinski definition) is 0. The van der Waals surface area contributed by atoms with Crippen LogP contribution in [0, 0.1) is 84.5 Å². The Balaban J connectivity index is 0.000000210. The highest BCUT2D eigenvalue weighted by Gasteiger charge is 2.23. The highest BCUT2D eigenvalue weighted by Crippen LogP contribution is 2.27. The van der Waals surface area contributed by atoms with Crippen molar-refractivity contribution in [3.63, 3.8) is 0 Å². The maximum Gasteiger partial charge on any atom is 0.205 e. The summed E-state index contributed by atoms with van der Waals surface area (Å²) in [6, 6.07) is 19.7. The van der Waals surface area contributed by atoms with Crippen LogP contribution in [-0.4, -0.2) is 48.1 Å². The van der Waals surface area contributed by atoms with Crippen LogP contribution in [0.15, 0.2) is 85.5 Å². The number of rotatable bonds is 2. The molecule has 2 heterocycles. The zero-order valence-corrected chi connectivity index (χ0v) is 38.9. The smallest absolute Gasteiger partial charge is 0.205 e. The Morgan fingerprint density at radius 2 is 0.638 bits per heavy atom. The maximum absolute atomic E-state index is 12.8. The molecule has 6 nitrogen and oxygen atoms in total. The molecule has 4 aromatic carbocycles. The summed E-state index contributed by atoms with van der Waals surface area (Å²) < 4.78 is 98.7. The average Bonchev–Trinajstić information content (AvgIpc) is 3.25. The van der Waals surface area contributed by atoms with E-state index in [1.54, 1.807) is 36.9 Å². The second kappa shape index (κ2) is 23.6. The van der Waals surface area contributed by atoms with Gasteiger partial charge in [-0.15, -0.1) is 0 Å². The van der Waals surface area contributed by atoms with E-state index in [9.17, 15) is 35.1 Å². The Morgan fingerprint density at radius 3 is 0.879 bits per heavy atom. The lowest BCUT2D eigenvalue weighted by Gasteiger charge is -2.11. The summed E-state index contributed by atoms with van der Waals surface area (Å²) >= 11 is 5.10. The molecule has 0 aliphatic heterocycles. The normalized spacial score (nSPS) is 9.79. The van der Waals surface area contributed by atoms with E-state index in [2.05, 4.69) is 53.4 Å². The lowest BCUT2D eigenvalue weighted by atomic mass is 10.2. The lowest BCUT2D eigenvalue weighted by molar-refractivity contribution is 0.423. The van der Waals surface area contributed by atoms with Crippen LogP contribution in [-0.2, 0) is 0 Å². The van der Waals surface area contributed by atoms with Crippen molar-refractivity contribution in [2.75, 3.05) is 38.0 Å². The van der Waals surface area contributed by atoms with Gasteiger partial charge in [0.2, 0.25) is 11.6 Å². The molecular weight excluding hydrogens is 1220 g/mol. The molecule has 0 radical (unpaired) electrons. The zero-order chi connectivity index (χ0) is 43.1. The molecule has 300 valence electrons. The molecule has 0 saturated carbocycles. The molecule has 6 rings (SSSR count). The standard InChI is InChI=1S/2C14H13N3.2C6F4I2/c2*1-17(2)13-7-4-12(5-8-13)6-9-14-15-10-3-11-16-14;2*7-1-2(8)5(11)4(10)6(12)3(1)9/h2*3-5,7-8,10-11H,1-2H3;;. The van der Waals surface area contributed by atoms with Crippen molar-refractivity contribution < 1.29 is 35.1 Å². The van der Waals surface area contributed by atoms with Gasteiger partial charge in [0.1, 0.15) is 0 Å². The van der Waals surface area contributed by atoms with Gasteiger partial charge < -0.3 is 9.80 Å². The molecule has 0 aliphatic rings. The van der Waals surface area contributed by atoms with Crippen molar-refractivity contribution in [2.24, 2.45) is 0 Å². The van der Waals surface area contributed by atoms with Crippen molar-refractivity contribution in [3.8, 4) is 23.7 Å². The summed E-state index contributed by atoms with van der Waals surface area (Å²) in [6.07, 6.45) is 6.75. The monoisotopic (exact) mass is 1250 g/mol. The van der Waals surface area contributed by atoms with Crippen LogP contribution in [0.25, 0.3) is 0 Å². The van der Waals surface area contributed by atoms with Gasteiger partial charge in [-0.05, 0) is 163 Å². The van der Waals surface area contributed by atoms with Gasteiger partial charge in [0.25, 0.3) is 0 Å². The lowest BCUT2D eigenvalue weighted by Crippen LogP contribution is -2.07. The third-order valence-electron chi connectivity index (χ3n) is 6.85. The molecule has 0 aliphatic carbocycles. The molecular formula is C40H26F8I4N6. The summed E-state index contributed by atoms with van der Waals surface area (Å²) in [7, 11) is 8.05. The number of halogens is 12. The van der Waals surface area contributed by atoms with E-state index in [-0.39, 0.29) is 0 Å². The predicted octanol–water partition coefficient (Wildman–Crippen LogP) is 10.8. The molecule has 0 N–H and O–H groups in total. The molecule has 0 fully saturated rings. The molecule has 0 amide bonds. The molecule has 0 saturated heterocycles. The largest absolute Gasteiger partial charge is 0.378 e. The zero-order valence-electron chi connectivity index (χ0n) is 30.3. The van der Waals surface area contributed by atoms with Crippen LogP contribution >= 0.6 is 90.4 Å². The summed E-state index contributed by atoms with van der Waals surface area (Å²) in [5.41, 5.74) is 4.24. The minimum absolute atomic E-state index is 0.532.